The van der Waals surface area contributed by atoms with Crippen LogP contribution in [0.2, 0.25) is 0 Å². The number of aldehydes is 1. The van der Waals surface area contributed by atoms with Crippen molar-refractivity contribution < 1.29 is 18.5 Å². The molecule has 0 amide bonds. The summed E-state index contributed by atoms with van der Waals surface area (Å²) < 4.78 is 24.1. The van der Waals surface area contributed by atoms with Crippen molar-refractivity contribution in [2.75, 3.05) is 0 Å². The molecule has 2 rings (SSSR count). The van der Waals surface area contributed by atoms with Crippen LogP contribution in [-0.2, 0) is 9.31 Å². The maximum Gasteiger partial charge on any atom is 0.564 e. The van der Waals surface area contributed by atoms with Crippen LogP contribution in [0.3, 0.4) is 0 Å². The maximum atomic E-state index is 13.0. The van der Waals surface area contributed by atoms with Crippen molar-refractivity contribution in [3.8, 4) is 0 Å². The van der Waals surface area contributed by atoms with Crippen LogP contribution in [0, 0.1) is 5.82 Å². The van der Waals surface area contributed by atoms with E-state index in [0.717, 1.165) is 6.07 Å². The molecule has 1 saturated heterocycles. The Labute approximate surface area is 99.4 Å². The van der Waals surface area contributed by atoms with E-state index in [1.807, 2.05) is 13.8 Å². The van der Waals surface area contributed by atoms with Crippen LogP contribution in [0.25, 0.3) is 0 Å². The summed E-state index contributed by atoms with van der Waals surface area (Å²) in [5, 5.41) is 0. The minimum absolute atomic E-state index is 0.223. The van der Waals surface area contributed by atoms with Crippen LogP contribution in [0.4, 0.5) is 4.39 Å². The third-order valence-electron chi connectivity index (χ3n) is 2.75. The molecule has 1 heterocycles. The molecule has 1 aliphatic heterocycles. The molecule has 1 aliphatic rings. The zero-order valence-electron chi connectivity index (χ0n) is 9.70. The number of rotatable bonds is 2. The van der Waals surface area contributed by atoms with Gasteiger partial charge in [0.25, 0.3) is 0 Å². The van der Waals surface area contributed by atoms with E-state index in [1.54, 1.807) is 0 Å². The first kappa shape index (κ1) is 11.9. The van der Waals surface area contributed by atoms with Gasteiger partial charge in [0.1, 0.15) is 17.7 Å². The summed E-state index contributed by atoms with van der Waals surface area (Å²) in [7, 11) is -0.710. The Morgan fingerprint density at radius 1 is 1.47 bits per heavy atom. The first-order chi connectivity index (χ1) is 7.94. The molecule has 0 N–H and O–H groups in total. The van der Waals surface area contributed by atoms with E-state index in [-0.39, 0.29) is 5.56 Å². The van der Waals surface area contributed by atoms with Gasteiger partial charge < -0.3 is 9.31 Å². The summed E-state index contributed by atoms with van der Waals surface area (Å²) in [5.74, 6) is 0.0237. The van der Waals surface area contributed by atoms with Gasteiger partial charge in [-0.25, -0.2) is 4.39 Å². The SMILES string of the molecule is C=C1OB(c2ccc(F)cc2C=O)OC1(C)C. The normalized spacial score (nSPS) is 18.1. The van der Waals surface area contributed by atoms with Crippen molar-refractivity contribution in [1.82, 2.24) is 0 Å². The van der Waals surface area contributed by atoms with Crippen LogP contribution in [-0.4, -0.2) is 19.0 Å². The van der Waals surface area contributed by atoms with Gasteiger partial charge in [-0.1, -0.05) is 12.6 Å². The molecule has 0 aromatic heterocycles. The van der Waals surface area contributed by atoms with Gasteiger partial charge in [-0.3, -0.25) is 4.79 Å². The molecule has 0 atom stereocenters. The Morgan fingerprint density at radius 2 is 2.18 bits per heavy atom. The summed E-state index contributed by atoms with van der Waals surface area (Å²) in [5.41, 5.74) is 0.118. The molecule has 17 heavy (non-hydrogen) atoms. The molecule has 3 nitrogen and oxygen atoms in total. The average molecular weight is 234 g/mol. The minimum atomic E-state index is -0.710. The predicted molar refractivity (Wildman–Crippen MR) is 62.6 cm³/mol. The standard InChI is InChI=1S/C12H12BFO3/c1-8-12(2,3)17-13(16-8)11-5-4-10(14)6-9(11)7-15/h4-7H,1H2,2-3H3. The van der Waals surface area contributed by atoms with Crippen LogP contribution in [0.1, 0.15) is 24.2 Å². The molecule has 0 aliphatic carbocycles. The highest BCUT2D eigenvalue weighted by atomic mass is 19.1. The Kier molecular flexibility index (Phi) is 2.79. The Morgan fingerprint density at radius 3 is 2.71 bits per heavy atom. The molecular weight excluding hydrogens is 222 g/mol. The Hall–Kier alpha value is -1.62. The lowest BCUT2D eigenvalue weighted by molar-refractivity contribution is 0.112. The molecule has 0 unspecified atom stereocenters. The lowest BCUT2D eigenvalue weighted by atomic mass is 9.76. The lowest BCUT2D eigenvalue weighted by Crippen LogP contribution is -2.36. The summed E-state index contributed by atoms with van der Waals surface area (Å²) in [6.45, 7) is 7.38. The van der Waals surface area contributed by atoms with E-state index in [1.165, 1.54) is 12.1 Å². The van der Waals surface area contributed by atoms with Crippen molar-refractivity contribution in [3.63, 3.8) is 0 Å². The fraction of sp³-hybridized carbons (Fsp3) is 0.250. The van der Waals surface area contributed by atoms with Crippen molar-refractivity contribution in [1.29, 1.82) is 0 Å². The minimum Gasteiger partial charge on any atom is -0.534 e. The molecule has 0 spiro atoms. The first-order valence-corrected chi connectivity index (χ1v) is 5.22. The second kappa shape index (κ2) is 4.00. The monoisotopic (exact) mass is 234 g/mol. The largest absolute Gasteiger partial charge is 0.564 e. The van der Waals surface area contributed by atoms with E-state index in [4.69, 9.17) is 9.31 Å². The third kappa shape index (κ3) is 2.10. The van der Waals surface area contributed by atoms with Gasteiger partial charge in [0.2, 0.25) is 0 Å². The molecule has 0 bridgehead atoms. The predicted octanol–water partition coefficient (Wildman–Crippen LogP) is 1.67. The highest BCUT2D eigenvalue weighted by Gasteiger charge is 2.43. The number of halogens is 1. The van der Waals surface area contributed by atoms with Crippen LogP contribution in [0.15, 0.2) is 30.5 Å². The van der Waals surface area contributed by atoms with Crippen LogP contribution in [0.5, 0.6) is 0 Å². The van der Waals surface area contributed by atoms with Gasteiger partial charge in [0.15, 0.2) is 0 Å². The van der Waals surface area contributed by atoms with Crippen LogP contribution < -0.4 is 5.46 Å². The highest BCUT2D eigenvalue weighted by molar-refractivity contribution is 6.63. The lowest BCUT2D eigenvalue weighted by Gasteiger charge is -2.15. The first-order valence-electron chi connectivity index (χ1n) is 5.22. The molecule has 1 aromatic rings. The summed E-state index contributed by atoms with van der Waals surface area (Å²) in [6.07, 6.45) is 0.583. The van der Waals surface area contributed by atoms with Gasteiger partial charge in [-0.05, 0) is 26.0 Å². The van der Waals surface area contributed by atoms with Crippen molar-refractivity contribution in [2.24, 2.45) is 0 Å². The average Bonchev–Trinajstić information content (AvgIpc) is 2.53. The second-order valence-corrected chi connectivity index (χ2v) is 4.39. The van der Waals surface area contributed by atoms with Gasteiger partial charge in [0, 0.05) is 11.0 Å². The maximum absolute atomic E-state index is 13.0. The molecular formula is C12H12BFO3. The van der Waals surface area contributed by atoms with Gasteiger partial charge in [-0.15, -0.1) is 0 Å². The molecule has 0 radical (unpaired) electrons. The molecule has 5 heteroatoms. The molecule has 88 valence electrons. The van der Waals surface area contributed by atoms with Gasteiger partial charge in [-0.2, -0.15) is 0 Å². The number of carbonyl (C=O) groups is 1. The van der Waals surface area contributed by atoms with Crippen molar-refractivity contribution in [3.05, 3.63) is 41.9 Å². The molecule has 0 saturated carbocycles. The van der Waals surface area contributed by atoms with E-state index in [2.05, 4.69) is 6.58 Å². The van der Waals surface area contributed by atoms with E-state index >= 15 is 0 Å². The number of hydrogen-bond acceptors (Lipinski definition) is 3. The number of benzene rings is 1. The van der Waals surface area contributed by atoms with E-state index in [0.29, 0.717) is 17.5 Å². The summed E-state index contributed by atoms with van der Waals surface area (Å²) in [6, 6.07) is 3.91. The molecule has 1 aromatic carbocycles. The van der Waals surface area contributed by atoms with Gasteiger partial charge >= 0.3 is 7.12 Å². The van der Waals surface area contributed by atoms with Gasteiger partial charge in [0.05, 0.1) is 5.76 Å². The van der Waals surface area contributed by atoms with Crippen molar-refractivity contribution in [2.45, 2.75) is 19.4 Å². The van der Waals surface area contributed by atoms with Crippen LogP contribution >= 0.6 is 0 Å². The smallest absolute Gasteiger partial charge is 0.534 e. The van der Waals surface area contributed by atoms with E-state index in [9.17, 15) is 9.18 Å². The summed E-state index contributed by atoms with van der Waals surface area (Å²) in [4.78, 5) is 10.9. The quantitative estimate of drug-likeness (QED) is 0.576. The second-order valence-electron chi connectivity index (χ2n) is 4.39. The highest BCUT2D eigenvalue weighted by Crippen LogP contribution is 2.29. The number of carbonyl (C=O) groups excluding carboxylic acids is 1. The fourth-order valence-electron chi connectivity index (χ4n) is 1.62. The Balaban J connectivity index is 2.36. The fourth-order valence-corrected chi connectivity index (χ4v) is 1.62. The third-order valence-corrected chi connectivity index (χ3v) is 2.75. The number of hydrogen-bond donors (Lipinski definition) is 0. The molecule has 1 fully saturated rings. The zero-order chi connectivity index (χ0) is 12.6. The van der Waals surface area contributed by atoms with Crippen molar-refractivity contribution >= 4 is 18.9 Å². The summed E-state index contributed by atoms with van der Waals surface area (Å²) >= 11 is 0. The topological polar surface area (TPSA) is 35.5 Å². The Bertz CT molecular complexity index is 485. The zero-order valence-corrected chi connectivity index (χ0v) is 9.70. The van der Waals surface area contributed by atoms with E-state index < -0.39 is 18.5 Å².